The Bertz CT molecular complexity index is 110. The molecule has 0 aliphatic rings. The molecule has 0 atom stereocenters. The van der Waals surface area contributed by atoms with Crippen molar-refractivity contribution >= 4 is 6.09 Å². The molecule has 0 heterocycles. The van der Waals surface area contributed by atoms with Crippen LogP contribution in [0.1, 0.15) is 6.92 Å². The molecule has 1 amide bonds. The molecule has 0 saturated heterocycles. The molecule has 0 radical (unpaired) electrons. The summed E-state index contributed by atoms with van der Waals surface area (Å²) in [7, 11) is 1.53. The zero-order valence-electron chi connectivity index (χ0n) is 5.68. The van der Waals surface area contributed by atoms with E-state index in [0.29, 0.717) is 6.61 Å². The molecular formula is C6H11NO2. The second-order valence-corrected chi connectivity index (χ2v) is 1.42. The second-order valence-electron chi connectivity index (χ2n) is 1.42. The molecule has 0 bridgehead atoms. The highest BCUT2D eigenvalue weighted by Gasteiger charge is 1.91. The van der Waals surface area contributed by atoms with Crippen molar-refractivity contribution in [1.29, 1.82) is 0 Å². The minimum Gasteiger partial charge on any atom is -0.445 e. The van der Waals surface area contributed by atoms with Crippen molar-refractivity contribution < 1.29 is 9.53 Å². The second kappa shape index (κ2) is 5.15. The van der Waals surface area contributed by atoms with Crippen molar-refractivity contribution in [3.63, 3.8) is 0 Å². The van der Waals surface area contributed by atoms with Crippen molar-refractivity contribution in [2.45, 2.75) is 6.92 Å². The van der Waals surface area contributed by atoms with E-state index in [1.807, 2.05) is 13.0 Å². The fourth-order valence-electron chi connectivity index (χ4n) is 0.292. The van der Waals surface area contributed by atoms with Crippen LogP contribution in [0.5, 0.6) is 0 Å². The predicted molar refractivity (Wildman–Crippen MR) is 35.2 cm³/mol. The fraction of sp³-hybridized carbons (Fsp3) is 0.500. The van der Waals surface area contributed by atoms with E-state index in [-0.39, 0.29) is 0 Å². The van der Waals surface area contributed by atoms with Crippen molar-refractivity contribution in [2.75, 3.05) is 13.7 Å². The highest BCUT2D eigenvalue weighted by Crippen LogP contribution is 1.77. The van der Waals surface area contributed by atoms with Crippen molar-refractivity contribution in [3.8, 4) is 0 Å². The van der Waals surface area contributed by atoms with E-state index in [9.17, 15) is 4.79 Å². The van der Waals surface area contributed by atoms with Crippen LogP contribution in [0.3, 0.4) is 0 Å². The molecule has 3 heteroatoms. The van der Waals surface area contributed by atoms with E-state index in [1.165, 1.54) is 7.05 Å². The minimum atomic E-state index is -0.395. The maximum Gasteiger partial charge on any atom is 0.407 e. The minimum absolute atomic E-state index is 0.343. The van der Waals surface area contributed by atoms with E-state index in [0.717, 1.165) is 0 Å². The Morgan fingerprint density at radius 1 is 1.78 bits per heavy atom. The Kier molecular flexibility index (Phi) is 4.59. The molecule has 0 aliphatic carbocycles. The molecule has 0 rings (SSSR count). The molecule has 0 fully saturated rings. The Morgan fingerprint density at radius 2 is 2.44 bits per heavy atom. The highest BCUT2D eigenvalue weighted by molar-refractivity contribution is 5.66. The third-order valence-electron chi connectivity index (χ3n) is 0.750. The van der Waals surface area contributed by atoms with E-state index in [2.05, 4.69) is 10.1 Å². The predicted octanol–water partition coefficient (Wildman–Crippen LogP) is 0.919. The van der Waals surface area contributed by atoms with Crippen LogP contribution in [0, 0.1) is 0 Å². The topological polar surface area (TPSA) is 38.3 Å². The van der Waals surface area contributed by atoms with E-state index >= 15 is 0 Å². The van der Waals surface area contributed by atoms with Crippen LogP contribution < -0.4 is 5.32 Å². The number of amides is 1. The van der Waals surface area contributed by atoms with Crippen molar-refractivity contribution in [3.05, 3.63) is 12.2 Å². The summed E-state index contributed by atoms with van der Waals surface area (Å²) in [6.45, 7) is 2.21. The molecule has 0 saturated carbocycles. The summed E-state index contributed by atoms with van der Waals surface area (Å²) in [6, 6.07) is 0. The third kappa shape index (κ3) is 4.87. The Balaban J connectivity index is 3.17. The quantitative estimate of drug-likeness (QED) is 0.563. The Morgan fingerprint density at radius 3 is 2.89 bits per heavy atom. The molecule has 0 aromatic heterocycles. The van der Waals surface area contributed by atoms with E-state index < -0.39 is 6.09 Å². The fourth-order valence-corrected chi connectivity index (χ4v) is 0.292. The van der Waals surface area contributed by atoms with Crippen LogP contribution in [-0.2, 0) is 4.74 Å². The number of hydrogen-bond acceptors (Lipinski definition) is 2. The van der Waals surface area contributed by atoms with Crippen LogP contribution in [-0.4, -0.2) is 19.7 Å². The summed E-state index contributed by atoms with van der Waals surface area (Å²) in [4.78, 5) is 10.3. The smallest absolute Gasteiger partial charge is 0.407 e. The molecule has 1 N–H and O–H groups in total. The summed E-state index contributed by atoms with van der Waals surface area (Å²) in [5.41, 5.74) is 0. The van der Waals surface area contributed by atoms with Gasteiger partial charge in [-0.15, -0.1) is 0 Å². The lowest BCUT2D eigenvalue weighted by Crippen LogP contribution is -2.18. The van der Waals surface area contributed by atoms with Gasteiger partial charge in [0.15, 0.2) is 0 Å². The van der Waals surface area contributed by atoms with Crippen LogP contribution in [0.4, 0.5) is 4.79 Å². The van der Waals surface area contributed by atoms with Gasteiger partial charge in [0.25, 0.3) is 0 Å². The van der Waals surface area contributed by atoms with Crippen LogP contribution >= 0.6 is 0 Å². The largest absolute Gasteiger partial charge is 0.445 e. The summed E-state index contributed by atoms with van der Waals surface area (Å²) in [6.07, 6.45) is 3.19. The first-order valence-electron chi connectivity index (χ1n) is 2.77. The zero-order valence-corrected chi connectivity index (χ0v) is 5.68. The lowest BCUT2D eigenvalue weighted by Gasteiger charge is -1.97. The number of nitrogens with one attached hydrogen (secondary N) is 1. The van der Waals surface area contributed by atoms with Gasteiger partial charge in [0.05, 0.1) is 0 Å². The van der Waals surface area contributed by atoms with Crippen LogP contribution in [0.2, 0.25) is 0 Å². The molecule has 9 heavy (non-hydrogen) atoms. The van der Waals surface area contributed by atoms with Gasteiger partial charge in [-0.05, 0) is 6.92 Å². The molecule has 52 valence electrons. The molecule has 0 aromatic carbocycles. The summed E-state index contributed by atoms with van der Waals surface area (Å²) >= 11 is 0. The van der Waals surface area contributed by atoms with Gasteiger partial charge in [-0.3, -0.25) is 0 Å². The normalized spacial score (nSPS) is 9.56. The first-order valence-corrected chi connectivity index (χ1v) is 2.77. The van der Waals surface area contributed by atoms with Gasteiger partial charge < -0.3 is 10.1 Å². The van der Waals surface area contributed by atoms with Crippen molar-refractivity contribution in [2.24, 2.45) is 0 Å². The molecule has 0 aromatic rings. The van der Waals surface area contributed by atoms with Gasteiger partial charge in [-0.2, -0.15) is 0 Å². The zero-order chi connectivity index (χ0) is 7.11. The lowest BCUT2D eigenvalue weighted by molar-refractivity contribution is 0.160. The summed E-state index contributed by atoms with van der Waals surface area (Å²) in [5.74, 6) is 0. The molecule has 0 spiro atoms. The highest BCUT2D eigenvalue weighted by atomic mass is 16.5. The van der Waals surface area contributed by atoms with Gasteiger partial charge in [0, 0.05) is 7.05 Å². The maximum absolute atomic E-state index is 10.3. The Hall–Kier alpha value is -0.990. The van der Waals surface area contributed by atoms with Crippen LogP contribution in [0.15, 0.2) is 12.2 Å². The number of carbonyl (C=O) groups excluding carboxylic acids is 1. The van der Waals surface area contributed by atoms with Crippen LogP contribution in [0.25, 0.3) is 0 Å². The summed E-state index contributed by atoms with van der Waals surface area (Å²) < 4.78 is 4.59. The average molecular weight is 129 g/mol. The number of alkyl carbamates (subject to hydrolysis) is 1. The SMILES string of the molecule is C/C=C/COC(=O)NC. The van der Waals surface area contributed by atoms with Crippen molar-refractivity contribution in [1.82, 2.24) is 5.32 Å². The number of ether oxygens (including phenoxy) is 1. The maximum atomic E-state index is 10.3. The molecule has 0 unspecified atom stereocenters. The average Bonchev–Trinajstić information content (AvgIpc) is 1.89. The molecular weight excluding hydrogens is 118 g/mol. The third-order valence-corrected chi connectivity index (χ3v) is 0.750. The number of carbonyl (C=O) groups is 1. The first-order chi connectivity index (χ1) is 4.31. The van der Waals surface area contributed by atoms with E-state index in [1.54, 1.807) is 6.08 Å². The number of hydrogen-bond donors (Lipinski definition) is 1. The van der Waals surface area contributed by atoms with Gasteiger partial charge >= 0.3 is 6.09 Å². The lowest BCUT2D eigenvalue weighted by atomic mass is 10.6. The first kappa shape index (κ1) is 8.01. The standard InChI is InChI=1S/C6H11NO2/c1-3-4-5-9-6(8)7-2/h3-4H,5H2,1-2H3,(H,7,8)/b4-3+. The van der Waals surface area contributed by atoms with E-state index in [4.69, 9.17) is 0 Å². The van der Waals surface area contributed by atoms with Gasteiger partial charge in [-0.25, -0.2) is 4.79 Å². The van der Waals surface area contributed by atoms with Gasteiger partial charge in [0.1, 0.15) is 6.61 Å². The molecule has 3 nitrogen and oxygen atoms in total. The Labute approximate surface area is 54.7 Å². The number of allylic oxidation sites excluding steroid dienone is 1. The molecule has 0 aliphatic heterocycles. The van der Waals surface area contributed by atoms with Gasteiger partial charge in [0.2, 0.25) is 0 Å². The monoisotopic (exact) mass is 129 g/mol. The number of rotatable bonds is 2. The summed E-state index contributed by atoms with van der Waals surface area (Å²) in [5, 5.41) is 2.33. The van der Waals surface area contributed by atoms with Gasteiger partial charge in [-0.1, -0.05) is 12.2 Å².